The van der Waals surface area contributed by atoms with Gasteiger partial charge in [-0.15, -0.1) is 11.3 Å². The predicted molar refractivity (Wildman–Crippen MR) is 105 cm³/mol. The lowest BCUT2D eigenvalue weighted by Crippen LogP contribution is -1.99. The van der Waals surface area contributed by atoms with E-state index in [1.165, 1.54) is 4.21 Å². The van der Waals surface area contributed by atoms with Gasteiger partial charge in [-0.25, -0.2) is 9.97 Å². The molecule has 0 amide bonds. The minimum Gasteiger partial charge on any atom is -0.389 e. The van der Waals surface area contributed by atoms with Crippen LogP contribution in [-0.2, 0) is 0 Å². The summed E-state index contributed by atoms with van der Waals surface area (Å²) in [4.78, 5) is 10.0. The third-order valence-corrected chi connectivity index (χ3v) is 5.44. The van der Waals surface area contributed by atoms with E-state index in [9.17, 15) is 5.11 Å². The van der Waals surface area contributed by atoms with Gasteiger partial charge in [-0.05, 0) is 68.9 Å². The third-order valence-electron chi connectivity index (χ3n) is 3.39. The van der Waals surface area contributed by atoms with Crippen molar-refractivity contribution in [2.45, 2.75) is 17.2 Å². The van der Waals surface area contributed by atoms with E-state index in [1.807, 2.05) is 44.4 Å². The van der Waals surface area contributed by atoms with Crippen molar-refractivity contribution in [3.8, 4) is 10.6 Å². The number of anilines is 2. The first-order chi connectivity index (χ1) is 12.0. The lowest BCUT2D eigenvalue weighted by molar-refractivity contribution is 0.199. The van der Waals surface area contributed by atoms with Gasteiger partial charge in [-0.2, -0.15) is 0 Å². The van der Waals surface area contributed by atoms with Gasteiger partial charge in [0.05, 0.1) is 20.9 Å². The van der Waals surface area contributed by atoms with E-state index in [-0.39, 0.29) is 0 Å². The molecule has 2 heterocycles. The van der Waals surface area contributed by atoms with Gasteiger partial charge in [-0.1, -0.05) is 12.1 Å². The molecule has 3 rings (SSSR count). The molecular weight excluding hydrogens is 352 g/mol. The molecule has 0 bridgehead atoms. The van der Waals surface area contributed by atoms with Gasteiger partial charge in [0.2, 0.25) is 5.95 Å². The van der Waals surface area contributed by atoms with Gasteiger partial charge in [0.15, 0.2) is 0 Å². The molecule has 3 aromatic rings. The third kappa shape index (κ3) is 4.79. The van der Waals surface area contributed by atoms with Crippen LogP contribution in [0.15, 0.2) is 52.9 Å². The standard InChI is InChI=1S/C18H20N4OS2/c1-12(23)13-5-4-6-14(11-13)20-18-19-10-9-15(21-18)16-7-8-17(24-16)25-22(2)3/h4-12,23H,1-3H3,(H,19,20,21). The highest BCUT2D eigenvalue weighted by molar-refractivity contribution is 7.99. The van der Waals surface area contributed by atoms with E-state index in [4.69, 9.17) is 0 Å². The highest BCUT2D eigenvalue weighted by atomic mass is 32.2. The monoisotopic (exact) mass is 372 g/mol. The lowest BCUT2D eigenvalue weighted by atomic mass is 10.1. The van der Waals surface area contributed by atoms with E-state index in [0.717, 1.165) is 21.8 Å². The average molecular weight is 373 g/mol. The Morgan fingerprint density at radius 1 is 1.20 bits per heavy atom. The molecule has 7 heteroatoms. The van der Waals surface area contributed by atoms with Gasteiger partial charge in [0.25, 0.3) is 0 Å². The first-order valence-corrected chi connectivity index (χ1v) is 9.44. The van der Waals surface area contributed by atoms with Crippen LogP contribution in [0.1, 0.15) is 18.6 Å². The van der Waals surface area contributed by atoms with Gasteiger partial charge >= 0.3 is 0 Å². The second kappa shape index (κ2) is 7.97. The summed E-state index contributed by atoms with van der Waals surface area (Å²) in [6.45, 7) is 1.75. The summed E-state index contributed by atoms with van der Waals surface area (Å²) in [5.41, 5.74) is 2.59. The van der Waals surface area contributed by atoms with Gasteiger partial charge in [-0.3, -0.25) is 4.31 Å². The van der Waals surface area contributed by atoms with Crippen molar-refractivity contribution in [1.29, 1.82) is 0 Å². The van der Waals surface area contributed by atoms with Crippen LogP contribution in [0.3, 0.4) is 0 Å². The summed E-state index contributed by atoms with van der Waals surface area (Å²) in [5, 5.41) is 12.9. The Labute approximate surface area is 155 Å². The fraction of sp³-hybridized carbons (Fsp3) is 0.222. The second-order valence-corrected chi connectivity index (χ2v) is 8.41. The van der Waals surface area contributed by atoms with Crippen LogP contribution in [0.4, 0.5) is 11.6 Å². The molecule has 0 aliphatic rings. The Bertz CT molecular complexity index is 848. The number of rotatable bonds is 6. The molecule has 25 heavy (non-hydrogen) atoms. The molecule has 1 unspecified atom stereocenters. The van der Waals surface area contributed by atoms with Crippen LogP contribution < -0.4 is 5.32 Å². The first-order valence-electron chi connectivity index (χ1n) is 7.85. The van der Waals surface area contributed by atoms with Crippen molar-refractivity contribution < 1.29 is 5.11 Å². The van der Waals surface area contributed by atoms with Crippen molar-refractivity contribution in [3.05, 3.63) is 54.2 Å². The number of nitrogens with zero attached hydrogens (tertiary/aromatic N) is 3. The van der Waals surface area contributed by atoms with Crippen LogP contribution in [-0.4, -0.2) is 33.5 Å². The molecule has 1 aromatic carbocycles. The smallest absolute Gasteiger partial charge is 0.227 e. The lowest BCUT2D eigenvalue weighted by Gasteiger charge is -2.09. The minimum atomic E-state index is -0.507. The number of hydrogen-bond donors (Lipinski definition) is 2. The Morgan fingerprint density at radius 3 is 2.80 bits per heavy atom. The maximum absolute atomic E-state index is 9.71. The Kier molecular flexibility index (Phi) is 5.70. The normalized spacial score (nSPS) is 12.4. The molecule has 0 radical (unpaired) electrons. The Morgan fingerprint density at radius 2 is 2.04 bits per heavy atom. The maximum atomic E-state index is 9.71. The molecule has 0 fully saturated rings. The van der Waals surface area contributed by atoms with E-state index in [1.54, 1.807) is 36.4 Å². The predicted octanol–water partition coefficient (Wildman–Crippen LogP) is 4.57. The first kappa shape index (κ1) is 17.9. The molecule has 1 atom stereocenters. The molecule has 0 saturated heterocycles. The molecule has 0 aliphatic carbocycles. The molecule has 0 spiro atoms. The van der Waals surface area contributed by atoms with Crippen LogP contribution in [0.25, 0.3) is 10.6 Å². The Hall–Kier alpha value is -1.93. The zero-order chi connectivity index (χ0) is 17.8. The maximum Gasteiger partial charge on any atom is 0.227 e. The number of thiophene rings is 1. The molecule has 130 valence electrons. The van der Waals surface area contributed by atoms with Crippen molar-refractivity contribution >= 4 is 34.9 Å². The molecule has 2 aromatic heterocycles. The average Bonchev–Trinajstić information content (AvgIpc) is 3.03. The summed E-state index contributed by atoms with van der Waals surface area (Å²) >= 11 is 3.40. The minimum absolute atomic E-state index is 0.507. The zero-order valence-corrected chi connectivity index (χ0v) is 15.9. The molecular formula is C18H20N4OS2. The summed E-state index contributed by atoms with van der Waals surface area (Å²) in [7, 11) is 4.05. The quantitative estimate of drug-likeness (QED) is 0.618. The van der Waals surface area contributed by atoms with Crippen molar-refractivity contribution in [2.75, 3.05) is 19.4 Å². The number of nitrogens with one attached hydrogen (secondary N) is 1. The summed E-state index contributed by atoms with van der Waals surface area (Å²) in [6, 6.07) is 13.7. The van der Waals surface area contributed by atoms with E-state index >= 15 is 0 Å². The van der Waals surface area contributed by atoms with E-state index in [2.05, 4.69) is 31.7 Å². The van der Waals surface area contributed by atoms with Crippen molar-refractivity contribution in [1.82, 2.24) is 14.3 Å². The van der Waals surface area contributed by atoms with E-state index in [0.29, 0.717) is 5.95 Å². The van der Waals surface area contributed by atoms with Crippen molar-refractivity contribution in [3.63, 3.8) is 0 Å². The number of aromatic nitrogens is 2. The van der Waals surface area contributed by atoms with Crippen LogP contribution >= 0.6 is 23.3 Å². The summed E-state index contributed by atoms with van der Waals surface area (Å²) in [5.74, 6) is 0.537. The number of aliphatic hydroxyl groups excluding tert-OH is 1. The number of hydrogen-bond acceptors (Lipinski definition) is 7. The van der Waals surface area contributed by atoms with E-state index < -0.39 is 6.10 Å². The number of aliphatic hydroxyl groups is 1. The topological polar surface area (TPSA) is 61.3 Å². The fourth-order valence-electron chi connectivity index (χ4n) is 2.25. The summed E-state index contributed by atoms with van der Waals surface area (Å²) in [6.07, 6.45) is 1.24. The molecule has 0 saturated carbocycles. The highest BCUT2D eigenvalue weighted by Gasteiger charge is 2.08. The van der Waals surface area contributed by atoms with Gasteiger partial charge < -0.3 is 10.4 Å². The molecule has 0 aliphatic heterocycles. The largest absolute Gasteiger partial charge is 0.389 e. The highest BCUT2D eigenvalue weighted by Crippen LogP contribution is 2.34. The SMILES string of the molecule is CC(O)c1cccc(Nc2nccc(-c3ccc(SN(C)C)s3)n2)c1. The van der Waals surface area contributed by atoms with Gasteiger partial charge in [0, 0.05) is 11.9 Å². The molecule has 5 nitrogen and oxygen atoms in total. The van der Waals surface area contributed by atoms with Crippen LogP contribution in [0.2, 0.25) is 0 Å². The zero-order valence-electron chi connectivity index (χ0n) is 14.3. The van der Waals surface area contributed by atoms with Crippen LogP contribution in [0, 0.1) is 0 Å². The van der Waals surface area contributed by atoms with Crippen LogP contribution in [0.5, 0.6) is 0 Å². The molecule has 2 N–H and O–H groups in total. The number of benzene rings is 1. The van der Waals surface area contributed by atoms with Gasteiger partial charge in [0.1, 0.15) is 0 Å². The Balaban J connectivity index is 1.80. The second-order valence-electron chi connectivity index (χ2n) is 5.71. The summed E-state index contributed by atoms with van der Waals surface area (Å²) < 4.78 is 3.29. The van der Waals surface area contributed by atoms with Crippen molar-refractivity contribution in [2.24, 2.45) is 0 Å². The fourth-order valence-corrected chi connectivity index (χ4v) is 4.31.